The summed E-state index contributed by atoms with van der Waals surface area (Å²) in [7, 11) is 0. The van der Waals surface area contributed by atoms with Gasteiger partial charge in [-0.2, -0.15) is 0 Å². The first-order valence-corrected chi connectivity index (χ1v) is 4.77. The van der Waals surface area contributed by atoms with Crippen LogP contribution in [0.3, 0.4) is 0 Å². The third-order valence-corrected chi connectivity index (χ3v) is 2.29. The van der Waals surface area contributed by atoms with E-state index in [4.69, 9.17) is 5.73 Å². The topological polar surface area (TPSA) is 38.9 Å². The second kappa shape index (κ2) is 3.77. The highest BCUT2D eigenvalue weighted by Crippen LogP contribution is 2.28. The Bertz CT molecular complexity index is 264. The maximum atomic E-state index is 6.05. The molecule has 0 radical (unpaired) electrons. The van der Waals surface area contributed by atoms with E-state index in [0.29, 0.717) is 11.8 Å². The molecule has 2 heteroatoms. The molecule has 0 amide bonds. The molecule has 1 rings (SSSR count). The zero-order valence-electron chi connectivity index (χ0n) is 8.83. The Kier molecular flexibility index (Phi) is 2.91. The van der Waals surface area contributed by atoms with Crippen molar-refractivity contribution in [3.8, 4) is 0 Å². The van der Waals surface area contributed by atoms with Gasteiger partial charge in [0.05, 0.1) is 0 Å². The van der Waals surface area contributed by atoms with E-state index < -0.39 is 0 Å². The molecule has 2 N–H and O–H groups in total. The Labute approximate surface area is 80.2 Å². The third kappa shape index (κ3) is 2.00. The van der Waals surface area contributed by atoms with Crippen molar-refractivity contribution in [1.82, 2.24) is 4.98 Å². The Morgan fingerprint density at radius 3 is 1.69 bits per heavy atom. The zero-order valence-corrected chi connectivity index (χ0v) is 8.83. The fraction of sp³-hybridized carbons (Fsp3) is 0.545. The van der Waals surface area contributed by atoms with E-state index >= 15 is 0 Å². The minimum atomic E-state index is 0.450. The van der Waals surface area contributed by atoms with E-state index in [2.05, 4.69) is 32.7 Å². The molecule has 0 saturated carbocycles. The van der Waals surface area contributed by atoms with Crippen LogP contribution in [0.4, 0.5) is 5.69 Å². The summed E-state index contributed by atoms with van der Waals surface area (Å²) in [6.07, 6.45) is 3.73. The summed E-state index contributed by atoms with van der Waals surface area (Å²) in [6.45, 7) is 8.55. The molecular weight excluding hydrogens is 160 g/mol. The zero-order chi connectivity index (χ0) is 10.0. The van der Waals surface area contributed by atoms with Gasteiger partial charge in [-0.3, -0.25) is 4.98 Å². The van der Waals surface area contributed by atoms with Gasteiger partial charge in [0.15, 0.2) is 0 Å². The second-order valence-electron chi connectivity index (χ2n) is 4.04. The van der Waals surface area contributed by atoms with Crippen LogP contribution in [-0.2, 0) is 0 Å². The minimum absolute atomic E-state index is 0.450. The van der Waals surface area contributed by atoms with Crippen molar-refractivity contribution in [2.24, 2.45) is 0 Å². The summed E-state index contributed by atoms with van der Waals surface area (Å²) in [5.74, 6) is 0.900. The molecule has 0 aliphatic rings. The highest BCUT2D eigenvalue weighted by molar-refractivity contribution is 5.54. The molecule has 0 saturated heterocycles. The van der Waals surface area contributed by atoms with Gasteiger partial charge in [-0.15, -0.1) is 0 Å². The number of hydrogen-bond donors (Lipinski definition) is 1. The van der Waals surface area contributed by atoms with Crippen LogP contribution in [0.5, 0.6) is 0 Å². The number of pyridine rings is 1. The van der Waals surface area contributed by atoms with Gasteiger partial charge in [0, 0.05) is 18.1 Å². The van der Waals surface area contributed by atoms with Gasteiger partial charge in [-0.25, -0.2) is 0 Å². The summed E-state index contributed by atoms with van der Waals surface area (Å²) in [5, 5.41) is 0. The monoisotopic (exact) mass is 178 g/mol. The number of rotatable bonds is 2. The van der Waals surface area contributed by atoms with Gasteiger partial charge < -0.3 is 5.73 Å². The number of nitrogens with zero attached hydrogens (tertiary/aromatic N) is 1. The summed E-state index contributed by atoms with van der Waals surface area (Å²) in [6, 6.07) is 0. The molecule has 13 heavy (non-hydrogen) atoms. The lowest BCUT2D eigenvalue weighted by atomic mass is 9.96. The van der Waals surface area contributed by atoms with Gasteiger partial charge >= 0.3 is 0 Å². The van der Waals surface area contributed by atoms with Crippen molar-refractivity contribution < 1.29 is 0 Å². The van der Waals surface area contributed by atoms with Crippen molar-refractivity contribution in [2.75, 3.05) is 5.73 Å². The summed E-state index contributed by atoms with van der Waals surface area (Å²) in [4.78, 5) is 4.21. The Morgan fingerprint density at radius 1 is 1.00 bits per heavy atom. The molecule has 0 aliphatic carbocycles. The van der Waals surface area contributed by atoms with Crippen molar-refractivity contribution in [2.45, 2.75) is 39.5 Å². The highest BCUT2D eigenvalue weighted by atomic mass is 14.7. The number of nitrogen functional groups attached to an aromatic ring is 1. The van der Waals surface area contributed by atoms with Crippen LogP contribution in [0, 0.1) is 0 Å². The lowest BCUT2D eigenvalue weighted by Gasteiger charge is -2.14. The largest absolute Gasteiger partial charge is 0.398 e. The van der Waals surface area contributed by atoms with E-state index in [1.165, 1.54) is 0 Å². The van der Waals surface area contributed by atoms with Crippen molar-refractivity contribution in [3.63, 3.8) is 0 Å². The Balaban J connectivity index is 3.18. The molecule has 0 fully saturated rings. The maximum Gasteiger partial charge on any atom is 0.0415 e. The smallest absolute Gasteiger partial charge is 0.0415 e. The molecule has 0 aromatic carbocycles. The molecule has 0 bridgehead atoms. The molecule has 0 aliphatic heterocycles. The van der Waals surface area contributed by atoms with Gasteiger partial charge in [-0.1, -0.05) is 27.7 Å². The summed E-state index contributed by atoms with van der Waals surface area (Å²) < 4.78 is 0. The fourth-order valence-corrected chi connectivity index (χ4v) is 1.42. The van der Waals surface area contributed by atoms with Crippen LogP contribution in [0.25, 0.3) is 0 Å². The molecule has 0 atom stereocenters. The van der Waals surface area contributed by atoms with Crippen LogP contribution >= 0.6 is 0 Å². The first-order chi connectivity index (χ1) is 6.04. The van der Waals surface area contributed by atoms with E-state index in [0.717, 1.165) is 16.8 Å². The van der Waals surface area contributed by atoms with Crippen LogP contribution in [0.2, 0.25) is 0 Å². The quantitative estimate of drug-likeness (QED) is 0.756. The van der Waals surface area contributed by atoms with Gasteiger partial charge in [0.25, 0.3) is 0 Å². The van der Waals surface area contributed by atoms with Crippen LogP contribution < -0.4 is 5.73 Å². The van der Waals surface area contributed by atoms with E-state index in [-0.39, 0.29) is 0 Å². The maximum absolute atomic E-state index is 6.05. The Hall–Kier alpha value is -1.05. The standard InChI is InChI=1S/C11H18N2/c1-7(2)9-5-13-6-10(8(3)4)11(9)12/h5-8H,1-4H3,(H2,12,13). The van der Waals surface area contributed by atoms with Crippen molar-refractivity contribution >= 4 is 5.69 Å². The molecule has 1 aromatic heterocycles. The number of hydrogen-bond acceptors (Lipinski definition) is 2. The summed E-state index contributed by atoms with van der Waals surface area (Å²) >= 11 is 0. The molecule has 1 heterocycles. The molecule has 0 spiro atoms. The van der Waals surface area contributed by atoms with Gasteiger partial charge in [0.2, 0.25) is 0 Å². The van der Waals surface area contributed by atoms with Gasteiger partial charge in [0.1, 0.15) is 0 Å². The average Bonchev–Trinajstić information content (AvgIpc) is 2.03. The van der Waals surface area contributed by atoms with Gasteiger partial charge in [-0.05, 0) is 23.0 Å². The van der Waals surface area contributed by atoms with Crippen LogP contribution in [0.1, 0.15) is 50.7 Å². The SMILES string of the molecule is CC(C)c1cncc(C(C)C)c1N. The van der Waals surface area contributed by atoms with Crippen LogP contribution in [-0.4, -0.2) is 4.98 Å². The van der Waals surface area contributed by atoms with Crippen molar-refractivity contribution in [3.05, 3.63) is 23.5 Å². The average molecular weight is 178 g/mol. The Morgan fingerprint density at radius 2 is 1.38 bits per heavy atom. The molecular formula is C11H18N2. The highest BCUT2D eigenvalue weighted by Gasteiger charge is 2.10. The lowest BCUT2D eigenvalue weighted by molar-refractivity contribution is 0.826. The summed E-state index contributed by atoms with van der Waals surface area (Å²) in [5.41, 5.74) is 9.28. The molecule has 2 nitrogen and oxygen atoms in total. The molecule has 1 aromatic rings. The first kappa shape index (κ1) is 10.0. The van der Waals surface area contributed by atoms with E-state index in [1.54, 1.807) is 0 Å². The normalized spacial score (nSPS) is 11.2. The van der Waals surface area contributed by atoms with E-state index in [9.17, 15) is 0 Å². The molecule has 72 valence electrons. The van der Waals surface area contributed by atoms with Crippen LogP contribution in [0.15, 0.2) is 12.4 Å². The molecule has 0 unspecified atom stereocenters. The lowest BCUT2D eigenvalue weighted by Crippen LogP contribution is -2.03. The van der Waals surface area contributed by atoms with Crippen molar-refractivity contribution in [1.29, 1.82) is 0 Å². The van der Waals surface area contributed by atoms with E-state index in [1.807, 2.05) is 12.4 Å². The number of anilines is 1. The fourth-order valence-electron chi connectivity index (χ4n) is 1.42. The predicted octanol–water partition coefficient (Wildman–Crippen LogP) is 2.91. The minimum Gasteiger partial charge on any atom is -0.398 e. The number of aromatic nitrogens is 1. The number of nitrogens with two attached hydrogens (primary N) is 1. The second-order valence-corrected chi connectivity index (χ2v) is 4.04. The predicted molar refractivity (Wildman–Crippen MR) is 56.8 cm³/mol. The third-order valence-electron chi connectivity index (χ3n) is 2.29. The first-order valence-electron chi connectivity index (χ1n) is 4.77.